The van der Waals surface area contributed by atoms with Crippen molar-refractivity contribution in [1.29, 1.82) is 0 Å². The molecule has 0 atom stereocenters. The molecule has 0 spiro atoms. The molecule has 0 unspecified atom stereocenters. The minimum Gasteiger partial charge on any atom is -0.505 e. The Kier molecular flexibility index (Phi) is 51500. The van der Waals surface area contributed by atoms with Crippen LogP contribution in [0.2, 0.25) is 0 Å². The third kappa shape index (κ3) is 8410. The standard InChI is InChI=1S/C3H6O.C2H6O2.10C2H4/c1-3-4-2;3-1-2-4;10*1-2/h3H,1H2,2H3;3-4H,1-2H2;10*1-2H2. The zero-order valence-electron chi connectivity index (χ0n) is 19.1. The average Bonchev–Trinajstić information content (AvgIpc) is 2.91. The molecule has 28 heavy (non-hydrogen) atoms. The number of hydrogen-bond acceptors (Lipinski definition) is 3. The number of rotatable bonds is 2. The van der Waals surface area contributed by atoms with E-state index in [2.05, 4.69) is 143 Å². The van der Waals surface area contributed by atoms with Crippen molar-refractivity contribution >= 4 is 0 Å². The minimum atomic E-state index is -0.125. The van der Waals surface area contributed by atoms with Crippen LogP contribution in [-0.2, 0) is 4.74 Å². The molecule has 0 aromatic heterocycles. The topological polar surface area (TPSA) is 49.7 Å². The molecule has 3 nitrogen and oxygen atoms in total. The molecule has 0 aliphatic carbocycles. The van der Waals surface area contributed by atoms with Crippen molar-refractivity contribution in [3.05, 3.63) is 144 Å². The van der Waals surface area contributed by atoms with E-state index in [-0.39, 0.29) is 13.2 Å². The van der Waals surface area contributed by atoms with E-state index in [1.54, 1.807) is 7.11 Å². The van der Waals surface area contributed by atoms with Crippen molar-refractivity contribution in [2.24, 2.45) is 0 Å². The van der Waals surface area contributed by atoms with Crippen molar-refractivity contribution in [1.82, 2.24) is 0 Å². The van der Waals surface area contributed by atoms with Gasteiger partial charge in [-0.1, -0.05) is 6.58 Å². The molecular formula is C25H52O3. The van der Waals surface area contributed by atoms with E-state index in [0.29, 0.717) is 0 Å². The Balaban J connectivity index is -0.0000000102. The lowest BCUT2D eigenvalue weighted by molar-refractivity contribution is 0.186. The SMILES string of the molecule is C=C.C=C.C=C.C=C.C=C.C=C.C=C.C=C.C=C.C=C.C=COC.OCCO. The van der Waals surface area contributed by atoms with Gasteiger partial charge in [-0.15, -0.1) is 132 Å². The smallest absolute Gasteiger partial charge is 0.0766 e. The summed E-state index contributed by atoms with van der Waals surface area (Å²) in [6, 6.07) is 0. The molecule has 0 aromatic carbocycles. The lowest BCUT2D eigenvalue weighted by atomic mass is 10.8. The first-order valence-electron chi connectivity index (χ1n) is 7.18. The highest BCUT2D eigenvalue weighted by molar-refractivity contribution is 4.43. The zero-order valence-corrected chi connectivity index (χ0v) is 19.1. The first kappa shape index (κ1) is 85.6. The normalized spacial score (nSPS) is 3.25. The van der Waals surface area contributed by atoms with Gasteiger partial charge in [0.15, 0.2) is 0 Å². The number of aliphatic hydroxyl groups is 2. The summed E-state index contributed by atoms with van der Waals surface area (Å²) < 4.78 is 4.31. The summed E-state index contributed by atoms with van der Waals surface area (Å²) in [4.78, 5) is 0. The van der Waals surface area contributed by atoms with Gasteiger partial charge in [-0.25, -0.2) is 0 Å². The van der Waals surface area contributed by atoms with E-state index < -0.39 is 0 Å². The first-order valence-corrected chi connectivity index (χ1v) is 7.18. The molecule has 170 valence electrons. The number of hydrogen-bond donors (Lipinski definition) is 2. The Morgan fingerprint density at radius 2 is 0.536 bits per heavy atom. The molecule has 3 heteroatoms. The highest BCUT2D eigenvalue weighted by Gasteiger charge is 1.58. The fraction of sp³-hybridized carbons (Fsp3) is 0.120. The van der Waals surface area contributed by atoms with Crippen molar-refractivity contribution in [2.75, 3.05) is 20.3 Å². The van der Waals surface area contributed by atoms with Gasteiger partial charge in [-0.05, 0) is 0 Å². The molecule has 0 saturated heterocycles. The second kappa shape index (κ2) is 16900. The molecule has 0 aromatic rings. The summed E-state index contributed by atoms with van der Waals surface area (Å²) in [5.74, 6) is 0. The van der Waals surface area contributed by atoms with E-state index in [1.165, 1.54) is 6.26 Å². The van der Waals surface area contributed by atoms with Crippen LogP contribution in [0.3, 0.4) is 0 Å². The Bertz CT molecular complexity index is 105. The number of ether oxygens (including phenoxy) is 1. The van der Waals surface area contributed by atoms with Crippen molar-refractivity contribution in [2.45, 2.75) is 0 Å². The summed E-state index contributed by atoms with van der Waals surface area (Å²) in [5.41, 5.74) is 0. The predicted molar refractivity (Wildman–Crippen MR) is 144 cm³/mol. The summed E-state index contributed by atoms with van der Waals surface area (Å²) in [6.07, 6.45) is 1.38. The van der Waals surface area contributed by atoms with Gasteiger partial charge in [0.25, 0.3) is 0 Å². The number of methoxy groups -OCH3 is 1. The van der Waals surface area contributed by atoms with Crippen LogP contribution in [0.15, 0.2) is 144 Å². The van der Waals surface area contributed by atoms with Gasteiger partial charge in [0.1, 0.15) is 0 Å². The van der Waals surface area contributed by atoms with Crippen LogP contribution in [0.5, 0.6) is 0 Å². The van der Waals surface area contributed by atoms with Gasteiger partial charge >= 0.3 is 0 Å². The predicted octanol–water partition coefficient (Wildman–Crippen LogP) is 7.77. The molecule has 0 heterocycles. The molecule has 0 rings (SSSR count). The lowest BCUT2D eigenvalue weighted by Gasteiger charge is -1.73. The minimum absolute atomic E-state index is 0.125. The van der Waals surface area contributed by atoms with E-state index in [1.807, 2.05) is 0 Å². The largest absolute Gasteiger partial charge is 0.505 e. The molecule has 2 N–H and O–H groups in total. The van der Waals surface area contributed by atoms with Gasteiger partial charge in [0, 0.05) is 0 Å². The van der Waals surface area contributed by atoms with Crippen molar-refractivity contribution < 1.29 is 14.9 Å². The zero-order chi connectivity index (χ0) is 26.8. The second-order valence-electron chi connectivity index (χ2n) is 0.850. The van der Waals surface area contributed by atoms with Crippen molar-refractivity contribution in [3.8, 4) is 0 Å². The van der Waals surface area contributed by atoms with Gasteiger partial charge < -0.3 is 14.9 Å². The molecular weight excluding hydrogens is 348 g/mol. The third-order valence-corrected chi connectivity index (χ3v) is 0.267. The fourth-order valence-corrected chi connectivity index (χ4v) is 0. The Morgan fingerprint density at radius 3 is 0.536 bits per heavy atom. The maximum atomic E-state index is 7.62. The van der Waals surface area contributed by atoms with Crippen LogP contribution in [0, 0.1) is 0 Å². The number of aliphatic hydroxyl groups excluding tert-OH is 2. The average molecular weight is 401 g/mol. The highest BCUT2D eigenvalue weighted by Crippen LogP contribution is 1.52. The molecule has 0 amide bonds. The third-order valence-electron chi connectivity index (χ3n) is 0.267. The molecule has 0 aliphatic heterocycles. The molecule has 0 saturated carbocycles. The Hall–Kier alpha value is -3.14. The van der Waals surface area contributed by atoms with E-state index in [4.69, 9.17) is 10.2 Å². The van der Waals surface area contributed by atoms with Crippen LogP contribution in [0.25, 0.3) is 0 Å². The molecule has 0 bridgehead atoms. The molecule has 0 aliphatic rings. The van der Waals surface area contributed by atoms with Crippen LogP contribution in [0.1, 0.15) is 0 Å². The summed E-state index contributed by atoms with van der Waals surface area (Å²) >= 11 is 0. The van der Waals surface area contributed by atoms with Crippen LogP contribution >= 0.6 is 0 Å². The van der Waals surface area contributed by atoms with Gasteiger partial charge in [-0.2, -0.15) is 0 Å². The monoisotopic (exact) mass is 400 g/mol. The fourth-order valence-electron chi connectivity index (χ4n) is 0. The Labute approximate surface area is 180 Å². The lowest BCUT2D eigenvalue weighted by Crippen LogP contribution is -1.85. The van der Waals surface area contributed by atoms with E-state index in [9.17, 15) is 0 Å². The summed E-state index contributed by atoms with van der Waals surface area (Å²) in [5, 5.41) is 15.2. The quantitative estimate of drug-likeness (QED) is 0.367. The molecule has 0 radical (unpaired) electrons. The van der Waals surface area contributed by atoms with Gasteiger partial charge in [-0.3, -0.25) is 0 Å². The summed E-state index contributed by atoms with van der Waals surface area (Å²) in [6.45, 7) is 63.0. The van der Waals surface area contributed by atoms with Gasteiger partial charge in [0.2, 0.25) is 0 Å². The maximum absolute atomic E-state index is 7.62. The Morgan fingerprint density at radius 1 is 0.464 bits per heavy atom. The second-order valence-corrected chi connectivity index (χ2v) is 0.850. The van der Waals surface area contributed by atoms with Crippen LogP contribution in [-0.4, -0.2) is 30.5 Å². The summed E-state index contributed by atoms with van der Waals surface area (Å²) in [7, 11) is 1.56. The van der Waals surface area contributed by atoms with Crippen molar-refractivity contribution in [3.63, 3.8) is 0 Å². The van der Waals surface area contributed by atoms with E-state index in [0.717, 1.165) is 0 Å². The highest BCUT2D eigenvalue weighted by atomic mass is 16.5. The maximum Gasteiger partial charge on any atom is 0.0766 e. The van der Waals surface area contributed by atoms with Gasteiger partial charge in [0.05, 0.1) is 26.6 Å². The van der Waals surface area contributed by atoms with Crippen LogP contribution in [0.4, 0.5) is 0 Å². The first-order chi connectivity index (χ1) is 13.8. The van der Waals surface area contributed by atoms with E-state index >= 15 is 0 Å². The molecule has 0 fully saturated rings. The van der Waals surface area contributed by atoms with Crippen LogP contribution < -0.4 is 0 Å².